The Morgan fingerprint density at radius 1 is 1.29 bits per heavy atom. The molecule has 2 heterocycles. The van der Waals surface area contributed by atoms with Crippen molar-refractivity contribution in [2.45, 2.75) is 18.8 Å². The molecule has 0 fully saturated rings. The SMILES string of the molecule is COc1cccc(Cn2c(C(C)Cl)nc3cccnc32)c1. The van der Waals surface area contributed by atoms with Gasteiger partial charge in [0.2, 0.25) is 0 Å². The first-order chi connectivity index (χ1) is 10.2. The van der Waals surface area contributed by atoms with E-state index >= 15 is 0 Å². The second-order valence-corrected chi connectivity index (χ2v) is 5.52. The number of alkyl halides is 1. The van der Waals surface area contributed by atoms with E-state index in [0.717, 1.165) is 28.3 Å². The van der Waals surface area contributed by atoms with Gasteiger partial charge in [0.1, 0.15) is 17.1 Å². The zero-order chi connectivity index (χ0) is 14.8. The summed E-state index contributed by atoms with van der Waals surface area (Å²) in [6, 6.07) is 11.8. The van der Waals surface area contributed by atoms with Crippen LogP contribution in [0.3, 0.4) is 0 Å². The Kier molecular flexibility index (Phi) is 3.80. The van der Waals surface area contributed by atoms with E-state index in [2.05, 4.69) is 20.6 Å². The van der Waals surface area contributed by atoms with Crippen LogP contribution in [0.15, 0.2) is 42.6 Å². The summed E-state index contributed by atoms with van der Waals surface area (Å²) in [6.07, 6.45) is 1.77. The van der Waals surface area contributed by atoms with Crippen molar-refractivity contribution in [2.75, 3.05) is 7.11 Å². The van der Waals surface area contributed by atoms with Gasteiger partial charge in [-0.1, -0.05) is 12.1 Å². The molecule has 0 N–H and O–H groups in total. The van der Waals surface area contributed by atoms with Gasteiger partial charge in [-0.05, 0) is 36.8 Å². The van der Waals surface area contributed by atoms with Crippen molar-refractivity contribution in [2.24, 2.45) is 0 Å². The topological polar surface area (TPSA) is 39.9 Å². The average Bonchev–Trinajstić information content (AvgIpc) is 2.87. The van der Waals surface area contributed by atoms with Gasteiger partial charge in [-0.3, -0.25) is 0 Å². The summed E-state index contributed by atoms with van der Waals surface area (Å²) < 4.78 is 7.33. The fraction of sp³-hybridized carbons (Fsp3) is 0.250. The van der Waals surface area contributed by atoms with E-state index in [1.165, 1.54) is 0 Å². The lowest BCUT2D eigenvalue weighted by Crippen LogP contribution is -2.06. The molecule has 0 saturated heterocycles. The predicted octanol–water partition coefficient (Wildman–Crippen LogP) is 3.79. The maximum atomic E-state index is 6.27. The fourth-order valence-electron chi connectivity index (χ4n) is 2.39. The number of hydrogen-bond acceptors (Lipinski definition) is 3. The van der Waals surface area contributed by atoms with Crippen molar-refractivity contribution in [3.8, 4) is 5.75 Å². The van der Waals surface area contributed by atoms with Crippen LogP contribution in [-0.2, 0) is 6.54 Å². The summed E-state index contributed by atoms with van der Waals surface area (Å²) in [5.74, 6) is 1.67. The number of rotatable bonds is 4. The highest BCUT2D eigenvalue weighted by atomic mass is 35.5. The first-order valence-electron chi connectivity index (χ1n) is 6.77. The van der Waals surface area contributed by atoms with Crippen LogP contribution < -0.4 is 4.74 Å². The summed E-state index contributed by atoms with van der Waals surface area (Å²) in [5.41, 5.74) is 2.84. The van der Waals surface area contributed by atoms with Gasteiger partial charge in [-0.25, -0.2) is 9.97 Å². The van der Waals surface area contributed by atoms with Crippen LogP contribution in [0.2, 0.25) is 0 Å². The molecule has 0 radical (unpaired) electrons. The third-order valence-corrected chi connectivity index (χ3v) is 3.56. The minimum absolute atomic E-state index is 0.176. The van der Waals surface area contributed by atoms with Crippen molar-refractivity contribution >= 4 is 22.8 Å². The number of halogens is 1. The van der Waals surface area contributed by atoms with E-state index in [1.807, 2.05) is 37.3 Å². The van der Waals surface area contributed by atoms with E-state index in [9.17, 15) is 0 Å². The lowest BCUT2D eigenvalue weighted by atomic mass is 10.2. The van der Waals surface area contributed by atoms with Crippen LogP contribution in [0, 0.1) is 0 Å². The molecule has 0 aliphatic carbocycles. The van der Waals surface area contributed by atoms with Gasteiger partial charge in [-0.15, -0.1) is 11.6 Å². The smallest absolute Gasteiger partial charge is 0.160 e. The van der Waals surface area contributed by atoms with Gasteiger partial charge in [0, 0.05) is 6.20 Å². The molecular weight excluding hydrogens is 286 g/mol. The third kappa shape index (κ3) is 2.72. The molecule has 0 saturated carbocycles. The van der Waals surface area contributed by atoms with E-state index < -0.39 is 0 Å². The maximum absolute atomic E-state index is 6.27. The molecule has 0 bridgehead atoms. The first-order valence-corrected chi connectivity index (χ1v) is 7.21. The summed E-state index contributed by atoms with van der Waals surface area (Å²) in [6.45, 7) is 2.59. The Bertz CT molecular complexity index is 767. The van der Waals surface area contributed by atoms with Gasteiger partial charge in [0.05, 0.1) is 19.0 Å². The van der Waals surface area contributed by atoms with Crippen molar-refractivity contribution < 1.29 is 4.74 Å². The largest absolute Gasteiger partial charge is 0.497 e. The Morgan fingerprint density at radius 2 is 2.14 bits per heavy atom. The highest BCUT2D eigenvalue weighted by Crippen LogP contribution is 2.25. The lowest BCUT2D eigenvalue weighted by molar-refractivity contribution is 0.414. The Morgan fingerprint density at radius 3 is 2.90 bits per heavy atom. The zero-order valence-electron chi connectivity index (χ0n) is 12.0. The van der Waals surface area contributed by atoms with Gasteiger partial charge < -0.3 is 9.30 Å². The standard InChI is InChI=1S/C16H16ClN3O/c1-11(17)15-19-14-7-4-8-18-16(14)20(15)10-12-5-3-6-13(9-12)21-2/h3-9,11H,10H2,1-2H3. The molecule has 0 aliphatic heterocycles. The first kappa shape index (κ1) is 13.9. The number of nitrogens with zero attached hydrogens (tertiary/aromatic N) is 3. The molecular formula is C16H16ClN3O. The van der Waals surface area contributed by atoms with E-state index in [1.54, 1.807) is 13.3 Å². The molecule has 0 aliphatic rings. The summed E-state index contributed by atoms with van der Waals surface area (Å²) in [7, 11) is 1.67. The number of benzene rings is 1. The summed E-state index contributed by atoms with van der Waals surface area (Å²) in [4.78, 5) is 9.02. The van der Waals surface area contributed by atoms with Crippen molar-refractivity contribution in [1.82, 2.24) is 14.5 Å². The molecule has 0 spiro atoms. The Labute approximate surface area is 128 Å². The predicted molar refractivity (Wildman–Crippen MR) is 83.9 cm³/mol. The van der Waals surface area contributed by atoms with Crippen LogP contribution in [0.4, 0.5) is 0 Å². The highest BCUT2D eigenvalue weighted by molar-refractivity contribution is 6.20. The molecule has 3 aromatic rings. The molecule has 1 atom stereocenters. The number of fused-ring (bicyclic) bond motifs is 1. The normalized spacial score (nSPS) is 12.5. The molecule has 21 heavy (non-hydrogen) atoms. The second kappa shape index (κ2) is 5.74. The number of pyridine rings is 1. The van der Waals surface area contributed by atoms with Crippen molar-refractivity contribution in [3.63, 3.8) is 0 Å². The van der Waals surface area contributed by atoms with E-state index in [-0.39, 0.29) is 5.38 Å². The Hall–Kier alpha value is -2.07. The average molecular weight is 302 g/mol. The number of aromatic nitrogens is 3. The van der Waals surface area contributed by atoms with Gasteiger partial charge in [0.25, 0.3) is 0 Å². The highest BCUT2D eigenvalue weighted by Gasteiger charge is 2.15. The molecule has 3 rings (SSSR count). The van der Waals surface area contributed by atoms with Crippen molar-refractivity contribution in [3.05, 3.63) is 54.0 Å². The number of hydrogen-bond donors (Lipinski definition) is 0. The molecule has 1 aromatic carbocycles. The molecule has 5 heteroatoms. The monoisotopic (exact) mass is 301 g/mol. The second-order valence-electron chi connectivity index (χ2n) is 4.87. The van der Waals surface area contributed by atoms with Crippen LogP contribution in [0.1, 0.15) is 23.7 Å². The lowest BCUT2D eigenvalue weighted by Gasteiger charge is -2.11. The van der Waals surface area contributed by atoms with Crippen LogP contribution in [-0.4, -0.2) is 21.6 Å². The van der Waals surface area contributed by atoms with Crippen LogP contribution in [0.5, 0.6) is 5.75 Å². The Balaban J connectivity index is 2.08. The number of imidazole rings is 1. The summed E-state index contributed by atoms with van der Waals surface area (Å²) >= 11 is 6.27. The van der Waals surface area contributed by atoms with Crippen LogP contribution >= 0.6 is 11.6 Å². The molecule has 2 aromatic heterocycles. The fourth-order valence-corrected chi connectivity index (χ4v) is 2.56. The summed E-state index contributed by atoms with van der Waals surface area (Å²) in [5, 5.41) is -0.176. The quantitative estimate of drug-likeness (QED) is 0.688. The van der Waals surface area contributed by atoms with Gasteiger partial charge >= 0.3 is 0 Å². The van der Waals surface area contributed by atoms with Crippen molar-refractivity contribution in [1.29, 1.82) is 0 Å². The van der Waals surface area contributed by atoms with Crippen LogP contribution in [0.25, 0.3) is 11.2 Å². The number of methoxy groups -OCH3 is 1. The van der Waals surface area contributed by atoms with E-state index in [4.69, 9.17) is 16.3 Å². The number of ether oxygens (including phenoxy) is 1. The molecule has 108 valence electrons. The van der Waals surface area contributed by atoms with Gasteiger partial charge in [-0.2, -0.15) is 0 Å². The third-order valence-electron chi connectivity index (χ3n) is 3.36. The van der Waals surface area contributed by atoms with Gasteiger partial charge in [0.15, 0.2) is 5.65 Å². The molecule has 4 nitrogen and oxygen atoms in total. The molecule has 1 unspecified atom stereocenters. The maximum Gasteiger partial charge on any atom is 0.160 e. The zero-order valence-corrected chi connectivity index (χ0v) is 12.7. The molecule has 0 amide bonds. The minimum Gasteiger partial charge on any atom is -0.497 e. The minimum atomic E-state index is -0.176. The van der Waals surface area contributed by atoms with E-state index in [0.29, 0.717) is 6.54 Å².